The van der Waals surface area contributed by atoms with Crippen LogP contribution in [-0.4, -0.2) is 49.6 Å². The van der Waals surface area contributed by atoms with Gasteiger partial charge in [0, 0.05) is 33.8 Å². The maximum atomic E-state index is 11.1. The van der Waals surface area contributed by atoms with Gasteiger partial charge in [0.2, 0.25) is 0 Å². The van der Waals surface area contributed by atoms with Crippen molar-refractivity contribution in [2.45, 2.75) is 30.7 Å². The Morgan fingerprint density at radius 2 is 2.15 bits per heavy atom. The summed E-state index contributed by atoms with van der Waals surface area (Å²) in [6.45, 7) is 0.961. The number of benzene rings is 1. The molecule has 6 nitrogen and oxygen atoms in total. The minimum absolute atomic E-state index is 0.221. The number of hydrogen-bond donors (Lipinski definition) is 2. The lowest BCUT2D eigenvalue weighted by molar-refractivity contribution is 0.0524. The van der Waals surface area contributed by atoms with Crippen LogP contribution < -0.4 is 10.6 Å². The summed E-state index contributed by atoms with van der Waals surface area (Å²) in [5.41, 5.74) is 2.62. The quantitative estimate of drug-likeness (QED) is 0.566. The van der Waals surface area contributed by atoms with Crippen LogP contribution >= 0.6 is 15.9 Å². The molecule has 0 saturated carbocycles. The van der Waals surface area contributed by atoms with Crippen molar-refractivity contribution in [3.63, 3.8) is 0 Å². The summed E-state index contributed by atoms with van der Waals surface area (Å²) in [4.78, 5) is 2.41. The van der Waals surface area contributed by atoms with Crippen LogP contribution in [0.4, 0.5) is 0 Å². The van der Waals surface area contributed by atoms with Gasteiger partial charge in [-0.3, -0.25) is 0 Å². The van der Waals surface area contributed by atoms with Crippen molar-refractivity contribution in [3.8, 4) is 11.5 Å². The summed E-state index contributed by atoms with van der Waals surface area (Å²) in [5, 5.41) is 15.1. The van der Waals surface area contributed by atoms with Crippen LogP contribution in [0.3, 0.4) is 0 Å². The van der Waals surface area contributed by atoms with E-state index >= 15 is 0 Å². The van der Waals surface area contributed by atoms with Crippen molar-refractivity contribution < 1.29 is 14.6 Å². The number of phenols is 1. The SMILES string of the molecule is COC1=C[C@H]2[C@H]3Cc4c(Br)cc(OC)c(O)c4[C@@]2(CCN3C)CC1=NN. The van der Waals surface area contributed by atoms with Gasteiger partial charge in [-0.25, -0.2) is 0 Å². The van der Waals surface area contributed by atoms with E-state index in [0.29, 0.717) is 18.2 Å². The molecule has 2 bridgehead atoms. The molecule has 1 fully saturated rings. The summed E-state index contributed by atoms with van der Waals surface area (Å²) in [6.07, 6.45) is 4.58. The fourth-order valence-electron chi connectivity index (χ4n) is 5.19. The van der Waals surface area contributed by atoms with Crippen molar-refractivity contribution in [1.29, 1.82) is 0 Å². The second-order valence-corrected chi connectivity index (χ2v) is 8.29. The van der Waals surface area contributed by atoms with Crippen molar-refractivity contribution in [3.05, 3.63) is 33.5 Å². The van der Waals surface area contributed by atoms with E-state index in [-0.39, 0.29) is 17.1 Å². The molecule has 0 aromatic heterocycles. The van der Waals surface area contributed by atoms with E-state index in [9.17, 15) is 5.11 Å². The molecular formula is C19H24BrN3O3. The predicted molar refractivity (Wildman–Crippen MR) is 104 cm³/mol. The lowest BCUT2D eigenvalue weighted by Crippen LogP contribution is -2.60. The zero-order valence-corrected chi connectivity index (χ0v) is 16.8. The number of piperidine rings is 1. The zero-order valence-electron chi connectivity index (χ0n) is 15.3. The number of allylic oxidation sites excluding steroid dienone is 1. The summed E-state index contributed by atoms with van der Waals surface area (Å²) in [6, 6.07) is 2.20. The molecule has 140 valence electrons. The van der Waals surface area contributed by atoms with Gasteiger partial charge in [-0.2, -0.15) is 5.10 Å². The van der Waals surface area contributed by atoms with Crippen molar-refractivity contribution >= 4 is 21.6 Å². The highest BCUT2D eigenvalue weighted by atomic mass is 79.9. The number of aromatic hydroxyl groups is 1. The number of methoxy groups -OCH3 is 2. The highest BCUT2D eigenvalue weighted by molar-refractivity contribution is 9.10. The Morgan fingerprint density at radius 1 is 1.38 bits per heavy atom. The normalized spacial score (nSPS) is 31.8. The molecule has 3 N–H and O–H groups in total. The molecule has 1 aromatic carbocycles. The standard InChI is InChI=1S/C19H24BrN3O3/c1-23-5-4-19-9-13(22-21)15(25-2)7-11(19)14(23)6-10-12(20)8-16(26-3)18(24)17(10)19/h7-8,11,14,24H,4-6,9,21H2,1-3H3/t11-,14+,19-/m0/s1. The monoisotopic (exact) mass is 421 g/mol. The lowest BCUT2D eigenvalue weighted by atomic mass is 9.53. The minimum Gasteiger partial charge on any atom is -0.504 e. The Bertz CT molecular complexity index is 823. The van der Waals surface area contributed by atoms with Gasteiger partial charge in [0.15, 0.2) is 11.5 Å². The third kappa shape index (κ3) is 2.23. The van der Waals surface area contributed by atoms with Gasteiger partial charge in [-0.15, -0.1) is 0 Å². The van der Waals surface area contributed by atoms with E-state index in [1.807, 2.05) is 6.07 Å². The Balaban J connectivity index is 2.02. The molecule has 7 heteroatoms. The molecule has 0 radical (unpaired) electrons. The molecule has 1 aliphatic heterocycles. The lowest BCUT2D eigenvalue weighted by Gasteiger charge is -2.57. The van der Waals surface area contributed by atoms with E-state index in [2.05, 4.69) is 39.1 Å². The van der Waals surface area contributed by atoms with Crippen LogP contribution in [0, 0.1) is 5.92 Å². The number of phenolic OH excluding ortho intramolecular Hbond substituents is 1. The van der Waals surface area contributed by atoms with Gasteiger partial charge in [0.25, 0.3) is 0 Å². The van der Waals surface area contributed by atoms with E-state index in [1.165, 1.54) is 0 Å². The minimum atomic E-state index is -0.258. The Morgan fingerprint density at radius 3 is 2.81 bits per heavy atom. The fourth-order valence-corrected chi connectivity index (χ4v) is 5.76. The summed E-state index contributed by atoms with van der Waals surface area (Å²) >= 11 is 3.70. The molecule has 0 spiro atoms. The highest BCUT2D eigenvalue weighted by Crippen LogP contribution is 2.59. The van der Waals surface area contributed by atoms with Crippen LogP contribution in [0.25, 0.3) is 0 Å². The summed E-state index contributed by atoms with van der Waals surface area (Å²) in [7, 11) is 5.41. The predicted octanol–water partition coefficient (Wildman–Crippen LogP) is 2.53. The molecule has 1 saturated heterocycles. The molecule has 1 aromatic rings. The largest absolute Gasteiger partial charge is 0.504 e. The van der Waals surface area contributed by atoms with Gasteiger partial charge >= 0.3 is 0 Å². The van der Waals surface area contributed by atoms with Crippen molar-refractivity contribution in [1.82, 2.24) is 4.90 Å². The number of nitrogens with zero attached hydrogens (tertiary/aromatic N) is 2. The van der Waals surface area contributed by atoms with Crippen LogP contribution in [0.2, 0.25) is 0 Å². The number of nitrogens with two attached hydrogens (primary N) is 1. The molecule has 3 atom stereocenters. The second kappa shape index (κ2) is 6.16. The van der Waals surface area contributed by atoms with Gasteiger partial charge < -0.3 is 25.3 Å². The van der Waals surface area contributed by atoms with Crippen LogP contribution in [0.5, 0.6) is 11.5 Å². The first-order valence-corrected chi connectivity index (χ1v) is 9.58. The molecule has 2 aliphatic carbocycles. The number of fused-ring (bicyclic) bond motifs is 1. The smallest absolute Gasteiger partial charge is 0.161 e. The molecule has 1 heterocycles. The first kappa shape index (κ1) is 17.7. The molecule has 0 amide bonds. The van der Waals surface area contributed by atoms with Gasteiger partial charge in [0.1, 0.15) is 11.5 Å². The molecule has 0 unspecified atom stereocenters. The van der Waals surface area contributed by atoms with Crippen LogP contribution in [0.15, 0.2) is 27.5 Å². The average Bonchev–Trinajstić information content (AvgIpc) is 2.65. The van der Waals surface area contributed by atoms with Crippen LogP contribution in [0.1, 0.15) is 24.0 Å². The van der Waals surface area contributed by atoms with Gasteiger partial charge in [-0.05, 0) is 44.1 Å². The molecular weight excluding hydrogens is 398 g/mol. The molecule has 3 aliphatic rings. The third-order valence-corrected chi connectivity index (χ3v) is 7.16. The number of hydrogen-bond acceptors (Lipinski definition) is 6. The van der Waals surface area contributed by atoms with E-state index in [1.54, 1.807) is 14.2 Å². The highest BCUT2D eigenvalue weighted by Gasteiger charge is 2.56. The zero-order chi connectivity index (χ0) is 18.6. The van der Waals surface area contributed by atoms with E-state index in [0.717, 1.165) is 46.5 Å². The maximum absolute atomic E-state index is 11.1. The maximum Gasteiger partial charge on any atom is 0.161 e. The summed E-state index contributed by atoms with van der Waals surface area (Å²) in [5.74, 6) is 7.39. The van der Waals surface area contributed by atoms with E-state index in [4.69, 9.17) is 15.3 Å². The first-order chi connectivity index (χ1) is 12.5. The van der Waals surface area contributed by atoms with Crippen molar-refractivity contribution in [2.75, 3.05) is 27.8 Å². The number of halogens is 1. The van der Waals surface area contributed by atoms with Gasteiger partial charge in [-0.1, -0.05) is 15.9 Å². The second-order valence-electron chi connectivity index (χ2n) is 7.43. The fraction of sp³-hybridized carbons (Fsp3) is 0.526. The average molecular weight is 422 g/mol. The Labute approximate surface area is 161 Å². The van der Waals surface area contributed by atoms with Crippen LogP contribution in [-0.2, 0) is 16.6 Å². The molecule has 26 heavy (non-hydrogen) atoms. The Hall–Kier alpha value is -1.73. The third-order valence-electron chi connectivity index (χ3n) is 6.45. The first-order valence-electron chi connectivity index (χ1n) is 8.78. The topological polar surface area (TPSA) is 80.3 Å². The van der Waals surface area contributed by atoms with Gasteiger partial charge in [0.05, 0.1) is 14.2 Å². The Kier molecular flexibility index (Phi) is 4.19. The number of likely N-dealkylation sites (N-methyl/N-ethyl adjacent to an activating group) is 1. The molecule has 4 rings (SSSR count). The number of likely N-dealkylation sites (tertiary alicyclic amines) is 1. The summed E-state index contributed by atoms with van der Waals surface area (Å²) < 4.78 is 12.0. The number of ether oxygens (including phenoxy) is 2. The number of rotatable bonds is 2. The number of hydrazone groups is 1. The van der Waals surface area contributed by atoms with Crippen molar-refractivity contribution in [2.24, 2.45) is 16.9 Å². The van der Waals surface area contributed by atoms with E-state index < -0.39 is 0 Å².